The maximum absolute atomic E-state index is 11.4. The number of hydrogen-bond acceptors (Lipinski definition) is 4. The van der Waals surface area contributed by atoms with Crippen LogP contribution in [0.4, 0.5) is 0 Å². The highest BCUT2D eigenvalue weighted by Crippen LogP contribution is 2.18. The van der Waals surface area contributed by atoms with Gasteiger partial charge in [-0.1, -0.05) is 18.5 Å². The van der Waals surface area contributed by atoms with Gasteiger partial charge in [0, 0.05) is 24.5 Å². The first-order chi connectivity index (χ1) is 8.50. The lowest BCUT2D eigenvalue weighted by Crippen LogP contribution is -2.43. The van der Waals surface area contributed by atoms with Crippen LogP contribution in [0.1, 0.15) is 32.3 Å². The standard InChI is InChI=1S/C13H19ClN2O2/c1-4-13(2,7-12(17)18-3)16-8-10-5-6-15-9-11(10)14/h5-6,9,16H,4,7-8H2,1-3H3. The number of hydrogen-bond donors (Lipinski definition) is 1. The first-order valence-corrected chi connectivity index (χ1v) is 6.29. The second-order valence-corrected chi connectivity index (χ2v) is 4.89. The Hall–Kier alpha value is -1.13. The molecular formula is C13H19ClN2O2. The molecule has 0 saturated carbocycles. The molecule has 1 N–H and O–H groups in total. The predicted octanol–water partition coefficient (Wildman–Crippen LogP) is 2.56. The van der Waals surface area contributed by atoms with E-state index in [0.29, 0.717) is 18.0 Å². The molecule has 1 aromatic heterocycles. The molecule has 1 atom stereocenters. The Labute approximate surface area is 113 Å². The van der Waals surface area contributed by atoms with Gasteiger partial charge in [-0.3, -0.25) is 9.78 Å². The van der Waals surface area contributed by atoms with Crippen LogP contribution in [-0.2, 0) is 16.1 Å². The van der Waals surface area contributed by atoms with Gasteiger partial charge < -0.3 is 10.1 Å². The van der Waals surface area contributed by atoms with Gasteiger partial charge in [0.25, 0.3) is 0 Å². The number of aromatic nitrogens is 1. The minimum Gasteiger partial charge on any atom is -0.469 e. The number of nitrogens with zero attached hydrogens (tertiary/aromatic N) is 1. The van der Waals surface area contributed by atoms with Crippen LogP contribution in [0.3, 0.4) is 0 Å². The summed E-state index contributed by atoms with van der Waals surface area (Å²) in [6.07, 6.45) is 4.47. The van der Waals surface area contributed by atoms with Crippen molar-refractivity contribution in [1.29, 1.82) is 0 Å². The van der Waals surface area contributed by atoms with E-state index in [-0.39, 0.29) is 11.5 Å². The number of carbonyl (C=O) groups excluding carboxylic acids is 1. The summed E-state index contributed by atoms with van der Waals surface area (Å²) in [6.45, 7) is 4.63. The lowest BCUT2D eigenvalue weighted by molar-refractivity contribution is -0.142. The second-order valence-electron chi connectivity index (χ2n) is 4.49. The quantitative estimate of drug-likeness (QED) is 0.807. The van der Waals surface area contributed by atoms with Crippen molar-refractivity contribution in [2.75, 3.05) is 7.11 Å². The zero-order valence-electron chi connectivity index (χ0n) is 11.0. The third-order valence-corrected chi connectivity index (χ3v) is 3.44. The number of methoxy groups -OCH3 is 1. The molecule has 1 heterocycles. The topological polar surface area (TPSA) is 51.2 Å². The van der Waals surface area contributed by atoms with Crippen molar-refractivity contribution < 1.29 is 9.53 Å². The van der Waals surface area contributed by atoms with Gasteiger partial charge in [0.05, 0.1) is 18.6 Å². The van der Waals surface area contributed by atoms with E-state index in [0.717, 1.165) is 12.0 Å². The maximum atomic E-state index is 11.4. The molecule has 0 aromatic carbocycles. The molecule has 1 rings (SSSR count). The average Bonchev–Trinajstić information content (AvgIpc) is 2.37. The van der Waals surface area contributed by atoms with Gasteiger partial charge in [-0.05, 0) is 25.0 Å². The Morgan fingerprint density at radius 2 is 2.33 bits per heavy atom. The van der Waals surface area contributed by atoms with Crippen LogP contribution < -0.4 is 5.32 Å². The molecule has 0 aliphatic carbocycles. The van der Waals surface area contributed by atoms with Crippen LogP contribution in [0.5, 0.6) is 0 Å². The van der Waals surface area contributed by atoms with Gasteiger partial charge in [0.15, 0.2) is 0 Å². The van der Waals surface area contributed by atoms with Crippen molar-refractivity contribution in [2.45, 2.75) is 38.8 Å². The third-order valence-electron chi connectivity index (χ3n) is 3.10. The number of carbonyl (C=O) groups is 1. The summed E-state index contributed by atoms with van der Waals surface area (Å²) in [4.78, 5) is 15.3. The molecule has 0 spiro atoms. The largest absolute Gasteiger partial charge is 0.469 e. The summed E-state index contributed by atoms with van der Waals surface area (Å²) in [6, 6.07) is 1.86. The summed E-state index contributed by atoms with van der Waals surface area (Å²) in [7, 11) is 1.40. The Kier molecular flexibility index (Phi) is 5.56. The number of rotatable bonds is 6. The van der Waals surface area contributed by atoms with E-state index >= 15 is 0 Å². The molecular weight excluding hydrogens is 252 g/mol. The number of esters is 1. The SMILES string of the molecule is CCC(C)(CC(=O)OC)NCc1ccncc1Cl. The van der Waals surface area contributed by atoms with E-state index in [1.807, 2.05) is 19.9 Å². The van der Waals surface area contributed by atoms with E-state index in [1.165, 1.54) is 7.11 Å². The van der Waals surface area contributed by atoms with Crippen molar-refractivity contribution in [3.63, 3.8) is 0 Å². The number of pyridine rings is 1. The predicted molar refractivity (Wildman–Crippen MR) is 71.4 cm³/mol. The molecule has 0 radical (unpaired) electrons. The molecule has 0 fully saturated rings. The highest BCUT2D eigenvalue weighted by molar-refractivity contribution is 6.31. The van der Waals surface area contributed by atoms with Gasteiger partial charge in [-0.15, -0.1) is 0 Å². The van der Waals surface area contributed by atoms with E-state index < -0.39 is 0 Å². The Morgan fingerprint density at radius 3 is 2.89 bits per heavy atom. The van der Waals surface area contributed by atoms with Crippen molar-refractivity contribution in [3.8, 4) is 0 Å². The van der Waals surface area contributed by atoms with Gasteiger partial charge in [-0.25, -0.2) is 0 Å². The normalized spacial score (nSPS) is 14.0. The van der Waals surface area contributed by atoms with Crippen LogP contribution >= 0.6 is 11.6 Å². The molecule has 1 unspecified atom stereocenters. The van der Waals surface area contributed by atoms with E-state index in [4.69, 9.17) is 16.3 Å². The first-order valence-electron chi connectivity index (χ1n) is 5.91. The van der Waals surface area contributed by atoms with Crippen LogP contribution in [0.25, 0.3) is 0 Å². The minimum atomic E-state index is -0.292. The molecule has 4 nitrogen and oxygen atoms in total. The molecule has 100 valence electrons. The molecule has 0 aliphatic rings. The summed E-state index contributed by atoms with van der Waals surface area (Å²) < 4.78 is 4.71. The van der Waals surface area contributed by atoms with Crippen LogP contribution in [-0.4, -0.2) is 23.6 Å². The fourth-order valence-electron chi connectivity index (χ4n) is 1.56. The Bertz CT molecular complexity index is 412. The summed E-state index contributed by atoms with van der Waals surface area (Å²) in [5.41, 5.74) is 0.677. The highest BCUT2D eigenvalue weighted by atomic mass is 35.5. The molecule has 18 heavy (non-hydrogen) atoms. The monoisotopic (exact) mass is 270 g/mol. The molecule has 5 heteroatoms. The summed E-state index contributed by atoms with van der Waals surface area (Å²) in [5.74, 6) is -0.215. The highest BCUT2D eigenvalue weighted by Gasteiger charge is 2.25. The van der Waals surface area contributed by atoms with E-state index in [2.05, 4.69) is 10.3 Å². The zero-order chi connectivity index (χ0) is 13.6. The van der Waals surface area contributed by atoms with Crippen molar-refractivity contribution in [3.05, 3.63) is 29.0 Å². The van der Waals surface area contributed by atoms with Crippen LogP contribution in [0.2, 0.25) is 5.02 Å². The smallest absolute Gasteiger partial charge is 0.307 e. The fourth-order valence-corrected chi connectivity index (χ4v) is 1.75. The van der Waals surface area contributed by atoms with Gasteiger partial charge in [0.2, 0.25) is 0 Å². The number of ether oxygens (including phenoxy) is 1. The Morgan fingerprint density at radius 1 is 1.61 bits per heavy atom. The fraction of sp³-hybridized carbons (Fsp3) is 0.538. The van der Waals surface area contributed by atoms with Crippen molar-refractivity contribution in [2.24, 2.45) is 0 Å². The third kappa shape index (κ3) is 4.27. The first kappa shape index (κ1) is 14.9. The maximum Gasteiger partial charge on any atom is 0.307 e. The molecule has 0 amide bonds. The second kappa shape index (κ2) is 6.71. The molecule has 0 bridgehead atoms. The van der Waals surface area contributed by atoms with E-state index in [1.54, 1.807) is 12.4 Å². The lowest BCUT2D eigenvalue weighted by Gasteiger charge is -2.28. The van der Waals surface area contributed by atoms with Crippen molar-refractivity contribution >= 4 is 17.6 Å². The minimum absolute atomic E-state index is 0.215. The van der Waals surface area contributed by atoms with Crippen LogP contribution in [0.15, 0.2) is 18.5 Å². The number of halogens is 1. The van der Waals surface area contributed by atoms with Crippen LogP contribution in [0, 0.1) is 0 Å². The van der Waals surface area contributed by atoms with Gasteiger partial charge >= 0.3 is 5.97 Å². The number of nitrogens with one attached hydrogen (secondary N) is 1. The molecule has 1 aromatic rings. The Balaban J connectivity index is 2.64. The van der Waals surface area contributed by atoms with Gasteiger partial charge in [0.1, 0.15) is 0 Å². The molecule has 0 aliphatic heterocycles. The lowest BCUT2D eigenvalue weighted by atomic mass is 9.94. The summed E-state index contributed by atoms with van der Waals surface area (Å²) >= 11 is 6.04. The van der Waals surface area contributed by atoms with E-state index in [9.17, 15) is 4.79 Å². The average molecular weight is 271 g/mol. The zero-order valence-corrected chi connectivity index (χ0v) is 11.8. The van der Waals surface area contributed by atoms with Crippen molar-refractivity contribution in [1.82, 2.24) is 10.3 Å². The summed E-state index contributed by atoms with van der Waals surface area (Å²) in [5, 5.41) is 3.98. The van der Waals surface area contributed by atoms with Gasteiger partial charge in [-0.2, -0.15) is 0 Å². The molecule has 0 saturated heterocycles.